The van der Waals surface area contributed by atoms with Gasteiger partial charge in [0, 0.05) is 21.6 Å². The second-order valence-electron chi connectivity index (χ2n) is 9.01. The number of anilines is 1. The summed E-state index contributed by atoms with van der Waals surface area (Å²) in [6.45, 7) is 5.95. The average Bonchev–Trinajstić information content (AvgIpc) is 2.86. The highest BCUT2D eigenvalue weighted by atomic mass is 32.2. The van der Waals surface area contributed by atoms with Gasteiger partial charge in [-0.25, -0.2) is 0 Å². The Morgan fingerprint density at radius 1 is 0.886 bits per heavy atom. The molecule has 35 heavy (non-hydrogen) atoms. The van der Waals surface area contributed by atoms with Crippen molar-refractivity contribution in [1.29, 1.82) is 0 Å². The summed E-state index contributed by atoms with van der Waals surface area (Å²) in [4.78, 5) is 26.3. The van der Waals surface area contributed by atoms with Crippen molar-refractivity contribution in [3.05, 3.63) is 83.4 Å². The van der Waals surface area contributed by atoms with E-state index in [1.807, 2.05) is 81.4 Å². The second kappa shape index (κ2) is 11.8. The summed E-state index contributed by atoms with van der Waals surface area (Å²) < 4.78 is 10.8. The van der Waals surface area contributed by atoms with Gasteiger partial charge in [0.25, 0.3) is 5.91 Å². The summed E-state index contributed by atoms with van der Waals surface area (Å²) in [5, 5.41) is 5.98. The van der Waals surface area contributed by atoms with Crippen molar-refractivity contribution in [3.63, 3.8) is 0 Å². The lowest BCUT2D eigenvalue weighted by molar-refractivity contribution is -0.123. The first-order valence-corrected chi connectivity index (χ1v) is 12.3. The zero-order chi connectivity index (χ0) is 25.4. The highest BCUT2D eigenvalue weighted by Crippen LogP contribution is 2.31. The molecule has 184 valence electrons. The van der Waals surface area contributed by atoms with Crippen LogP contribution in [-0.4, -0.2) is 26.0 Å². The Balaban J connectivity index is 1.67. The fourth-order valence-electron chi connectivity index (χ4n) is 3.34. The molecule has 7 heteroatoms. The number of carbonyl (C=O) groups is 2. The number of ether oxygens (including phenoxy) is 2. The van der Waals surface area contributed by atoms with Gasteiger partial charge in [-0.3, -0.25) is 9.59 Å². The summed E-state index contributed by atoms with van der Waals surface area (Å²) >= 11 is 1.61. The van der Waals surface area contributed by atoms with Gasteiger partial charge in [0.1, 0.15) is 11.5 Å². The standard InChI is InChI=1S/C28H32N2O4S/c1-28(2,3)27(32)30-22-12-6-7-15-25(22)35-18-19-10-8-11-20(16-19)26(31)29-17-21-23(33-4)13-9-14-24(21)34-5/h6-16H,17-18H2,1-5H3,(H,29,31)(H,30,32). The van der Waals surface area contributed by atoms with Crippen molar-refractivity contribution < 1.29 is 19.1 Å². The topological polar surface area (TPSA) is 76.7 Å². The summed E-state index contributed by atoms with van der Waals surface area (Å²) in [5.41, 5.74) is 2.68. The van der Waals surface area contributed by atoms with Crippen LogP contribution in [0, 0.1) is 5.41 Å². The van der Waals surface area contributed by atoms with E-state index in [2.05, 4.69) is 10.6 Å². The molecule has 0 aliphatic rings. The number of hydrogen-bond donors (Lipinski definition) is 2. The predicted molar refractivity (Wildman–Crippen MR) is 141 cm³/mol. The molecule has 6 nitrogen and oxygen atoms in total. The highest BCUT2D eigenvalue weighted by Gasteiger charge is 2.22. The number of methoxy groups -OCH3 is 2. The van der Waals surface area contributed by atoms with Crippen LogP contribution in [0.25, 0.3) is 0 Å². The Labute approximate surface area is 211 Å². The van der Waals surface area contributed by atoms with Crippen LogP contribution >= 0.6 is 11.8 Å². The van der Waals surface area contributed by atoms with Gasteiger partial charge in [0.2, 0.25) is 5.91 Å². The van der Waals surface area contributed by atoms with Crippen LogP contribution in [-0.2, 0) is 17.1 Å². The van der Waals surface area contributed by atoms with Crippen molar-refractivity contribution >= 4 is 29.3 Å². The number of rotatable bonds is 9. The Hall–Kier alpha value is -3.45. The van der Waals surface area contributed by atoms with Crippen LogP contribution in [0.4, 0.5) is 5.69 Å². The van der Waals surface area contributed by atoms with E-state index < -0.39 is 5.41 Å². The van der Waals surface area contributed by atoms with Gasteiger partial charge < -0.3 is 20.1 Å². The normalized spacial score (nSPS) is 11.0. The second-order valence-corrected chi connectivity index (χ2v) is 10.0. The van der Waals surface area contributed by atoms with Gasteiger partial charge in [-0.15, -0.1) is 11.8 Å². The van der Waals surface area contributed by atoms with E-state index in [9.17, 15) is 9.59 Å². The van der Waals surface area contributed by atoms with Crippen molar-refractivity contribution in [1.82, 2.24) is 5.32 Å². The molecule has 0 spiro atoms. The first-order chi connectivity index (χ1) is 16.7. The predicted octanol–water partition coefficient (Wildman–Crippen LogP) is 5.91. The molecule has 3 rings (SSSR count). The van der Waals surface area contributed by atoms with Crippen molar-refractivity contribution in [2.24, 2.45) is 5.41 Å². The minimum Gasteiger partial charge on any atom is -0.496 e. The molecule has 0 aliphatic carbocycles. The molecular formula is C28H32N2O4S. The molecule has 0 aromatic heterocycles. The van der Waals surface area contributed by atoms with Crippen LogP contribution in [0.2, 0.25) is 0 Å². The average molecular weight is 493 g/mol. The summed E-state index contributed by atoms with van der Waals surface area (Å²) in [5.74, 6) is 1.77. The zero-order valence-corrected chi connectivity index (χ0v) is 21.6. The van der Waals surface area contributed by atoms with Gasteiger partial charge >= 0.3 is 0 Å². The van der Waals surface area contributed by atoms with Crippen LogP contribution in [0.3, 0.4) is 0 Å². The maximum absolute atomic E-state index is 12.9. The van der Waals surface area contributed by atoms with Gasteiger partial charge in [0.05, 0.1) is 32.0 Å². The van der Waals surface area contributed by atoms with Crippen LogP contribution in [0.5, 0.6) is 11.5 Å². The number of para-hydroxylation sites is 1. The fraction of sp³-hybridized carbons (Fsp3) is 0.286. The van der Waals surface area contributed by atoms with Crippen molar-refractivity contribution in [2.75, 3.05) is 19.5 Å². The largest absolute Gasteiger partial charge is 0.496 e. The Bertz CT molecular complexity index is 1170. The molecule has 2 amide bonds. The lowest BCUT2D eigenvalue weighted by Gasteiger charge is -2.19. The zero-order valence-electron chi connectivity index (χ0n) is 20.8. The number of benzene rings is 3. The molecule has 0 saturated heterocycles. The van der Waals surface area contributed by atoms with Crippen LogP contribution in [0.1, 0.15) is 42.3 Å². The molecule has 3 aromatic carbocycles. The van der Waals surface area contributed by atoms with E-state index >= 15 is 0 Å². The fourth-order valence-corrected chi connectivity index (χ4v) is 4.29. The summed E-state index contributed by atoms with van der Waals surface area (Å²) in [6, 6.07) is 20.8. The van der Waals surface area contributed by atoms with E-state index in [0.29, 0.717) is 22.8 Å². The molecule has 0 aliphatic heterocycles. The third-order valence-electron chi connectivity index (χ3n) is 5.36. The van der Waals surface area contributed by atoms with Crippen LogP contribution < -0.4 is 20.1 Å². The molecule has 0 bridgehead atoms. The Morgan fingerprint density at radius 2 is 1.54 bits per heavy atom. The molecular weight excluding hydrogens is 460 g/mol. The maximum atomic E-state index is 12.9. The lowest BCUT2D eigenvalue weighted by atomic mass is 9.95. The Morgan fingerprint density at radius 3 is 2.20 bits per heavy atom. The molecule has 2 N–H and O–H groups in total. The quantitative estimate of drug-likeness (QED) is 0.363. The monoisotopic (exact) mass is 492 g/mol. The number of carbonyl (C=O) groups excluding carboxylic acids is 2. The van der Waals surface area contributed by atoms with E-state index in [1.54, 1.807) is 32.0 Å². The molecule has 0 saturated carbocycles. The van der Waals surface area contributed by atoms with Crippen LogP contribution in [0.15, 0.2) is 71.6 Å². The highest BCUT2D eigenvalue weighted by molar-refractivity contribution is 7.98. The first kappa shape index (κ1) is 26.2. The van der Waals surface area contributed by atoms with Gasteiger partial charge in [-0.1, -0.05) is 51.1 Å². The summed E-state index contributed by atoms with van der Waals surface area (Å²) in [6.07, 6.45) is 0. The molecule has 3 aromatic rings. The van der Waals surface area contributed by atoms with Gasteiger partial charge in [-0.2, -0.15) is 0 Å². The summed E-state index contributed by atoms with van der Waals surface area (Å²) in [7, 11) is 3.18. The van der Waals surface area contributed by atoms with E-state index in [-0.39, 0.29) is 18.4 Å². The van der Waals surface area contributed by atoms with Crippen molar-refractivity contribution in [3.8, 4) is 11.5 Å². The minimum atomic E-state index is -0.479. The number of hydrogen-bond acceptors (Lipinski definition) is 5. The first-order valence-electron chi connectivity index (χ1n) is 11.3. The molecule has 0 atom stereocenters. The molecule has 0 heterocycles. The Kier molecular flexibility index (Phi) is 8.82. The van der Waals surface area contributed by atoms with Gasteiger partial charge in [0.15, 0.2) is 0 Å². The molecule has 0 unspecified atom stereocenters. The molecule has 0 radical (unpaired) electrons. The number of nitrogens with one attached hydrogen (secondary N) is 2. The lowest BCUT2D eigenvalue weighted by Crippen LogP contribution is -2.27. The van der Waals surface area contributed by atoms with Crippen molar-refractivity contribution in [2.45, 2.75) is 38.0 Å². The minimum absolute atomic E-state index is 0.0316. The SMILES string of the molecule is COc1cccc(OC)c1CNC(=O)c1cccc(CSc2ccccc2NC(=O)C(C)(C)C)c1. The number of amides is 2. The molecule has 0 fully saturated rings. The van der Waals surface area contributed by atoms with Gasteiger partial charge in [-0.05, 0) is 42.0 Å². The third-order valence-corrected chi connectivity index (χ3v) is 6.50. The smallest absolute Gasteiger partial charge is 0.251 e. The number of thioether (sulfide) groups is 1. The van der Waals surface area contributed by atoms with E-state index in [4.69, 9.17) is 9.47 Å². The van der Waals surface area contributed by atoms with E-state index in [0.717, 1.165) is 21.7 Å². The van der Waals surface area contributed by atoms with E-state index in [1.165, 1.54) is 0 Å². The maximum Gasteiger partial charge on any atom is 0.251 e. The third kappa shape index (κ3) is 7.02.